The van der Waals surface area contributed by atoms with Gasteiger partial charge in [0.05, 0.1) is 19.4 Å². The highest BCUT2D eigenvalue weighted by Gasteiger charge is 2.21. The Morgan fingerprint density at radius 2 is 2.00 bits per heavy atom. The van der Waals surface area contributed by atoms with Crippen LogP contribution in [0.4, 0.5) is 0 Å². The van der Waals surface area contributed by atoms with Crippen LogP contribution in [0.5, 0.6) is 0 Å². The van der Waals surface area contributed by atoms with E-state index in [1.165, 1.54) is 0 Å². The number of furan rings is 1. The second-order valence-electron chi connectivity index (χ2n) is 7.45. The molecular formula is C18H26N4O2S. The molecule has 0 unspecified atom stereocenters. The van der Waals surface area contributed by atoms with Gasteiger partial charge in [-0.05, 0) is 32.9 Å². The molecule has 1 aliphatic rings. The summed E-state index contributed by atoms with van der Waals surface area (Å²) in [6.45, 7) is 11.1. The highest BCUT2D eigenvalue weighted by atomic mass is 32.1. The molecule has 1 aliphatic heterocycles. The maximum absolute atomic E-state index is 12.0. The Morgan fingerprint density at radius 1 is 1.28 bits per heavy atom. The molecule has 1 fully saturated rings. The number of aromatic nitrogens is 1. The number of carbonyl (C=O) groups is 1. The van der Waals surface area contributed by atoms with Gasteiger partial charge >= 0.3 is 0 Å². The minimum absolute atomic E-state index is 0.101. The smallest absolute Gasteiger partial charge is 0.234 e. The van der Waals surface area contributed by atoms with E-state index < -0.39 is 0 Å². The lowest BCUT2D eigenvalue weighted by molar-refractivity contribution is -0.124. The molecule has 6 nitrogen and oxygen atoms in total. The lowest BCUT2D eigenvalue weighted by atomic mass is 10.1. The third-order valence-electron chi connectivity index (χ3n) is 4.03. The Hall–Kier alpha value is -1.70. The van der Waals surface area contributed by atoms with E-state index in [0.717, 1.165) is 49.2 Å². The molecule has 25 heavy (non-hydrogen) atoms. The van der Waals surface area contributed by atoms with Crippen LogP contribution in [0.3, 0.4) is 0 Å². The number of nitrogens with one attached hydrogen (secondary N) is 1. The van der Waals surface area contributed by atoms with Gasteiger partial charge < -0.3 is 9.73 Å². The van der Waals surface area contributed by atoms with E-state index >= 15 is 0 Å². The molecule has 0 spiro atoms. The Bertz CT molecular complexity index is 682. The highest BCUT2D eigenvalue weighted by molar-refractivity contribution is 7.09. The molecule has 0 bridgehead atoms. The van der Waals surface area contributed by atoms with Crippen LogP contribution < -0.4 is 5.32 Å². The molecule has 0 saturated carbocycles. The highest BCUT2D eigenvalue weighted by Crippen LogP contribution is 2.23. The largest absolute Gasteiger partial charge is 0.463 e. The normalized spacial score (nSPS) is 16.9. The van der Waals surface area contributed by atoms with Gasteiger partial charge in [0.2, 0.25) is 5.91 Å². The molecule has 0 radical (unpaired) electrons. The van der Waals surface area contributed by atoms with Gasteiger partial charge in [-0.2, -0.15) is 0 Å². The standard InChI is InChI=1S/C18H26N4O2S/c1-18(2,3)20-16(23)11-21-6-8-22(9-7-21)12-17-19-14(13-25-17)15-5-4-10-24-15/h4-5,10,13H,6-9,11-12H2,1-3H3,(H,20,23). The van der Waals surface area contributed by atoms with E-state index in [-0.39, 0.29) is 11.4 Å². The first-order chi connectivity index (χ1) is 11.9. The first-order valence-electron chi connectivity index (χ1n) is 8.63. The van der Waals surface area contributed by atoms with Crippen molar-refractivity contribution in [3.8, 4) is 11.5 Å². The van der Waals surface area contributed by atoms with E-state index in [9.17, 15) is 4.79 Å². The summed E-state index contributed by atoms with van der Waals surface area (Å²) in [6.07, 6.45) is 1.67. The summed E-state index contributed by atoms with van der Waals surface area (Å²) >= 11 is 1.67. The summed E-state index contributed by atoms with van der Waals surface area (Å²) in [5.41, 5.74) is 0.734. The van der Waals surface area contributed by atoms with Crippen LogP contribution in [-0.4, -0.2) is 59.0 Å². The molecule has 136 valence electrons. The number of carbonyl (C=O) groups excluding carboxylic acids is 1. The van der Waals surface area contributed by atoms with Crippen LogP contribution in [0.1, 0.15) is 25.8 Å². The molecule has 3 rings (SSSR count). The van der Waals surface area contributed by atoms with Crippen LogP contribution in [0.2, 0.25) is 0 Å². The van der Waals surface area contributed by atoms with Gasteiger partial charge in [-0.3, -0.25) is 14.6 Å². The molecule has 1 amide bonds. The SMILES string of the molecule is CC(C)(C)NC(=O)CN1CCN(Cc2nc(-c3ccco3)cs2)CC1. The van der Waals surface area contributed by atoms with Crippen molar-refractivity contribution in [1.29, 1.82) is 0 Å². The second kappa shape index (κ2) is 7.68. The number of hydrogen-bond donors (Lipinski definition) is 1. The van der Waals surface area contributed by atoms with Gasteiger partial charge in [-0.15, -0.1) is 11.3 Å². The van der Waals surface area contributed by atoms with Crippen LogP contribution in [0, 0.1) is 0 Å². The fourth-order valence-corrected chi connectivity index (χ4v) is 3.70. The van der Waals surface area contributed by atoms with Crippen molar-refractivity contribution >= 4 is 17.2 Å². The first-order valence-corrected chi connectivity index (χ1v) is 9.51. The van der Waals surface area contributed by atoms with Crippen molar-refractivity contribution in [3.05, 3.63) is 28.8 Å². The van der Waals surface area contributed by atoms with Crippen molar-refractivity contribution in [2.45, 2.75) is 32.9 Å². The fraction of sp³-hybridized carbons (Fsp3) is 0.556. The van der Waals surface area contributed by atoms with Gasteiger partial charge in [0.25, 0.3) is 0 Å². The summed E-state index contributed by atoms with van der Waals surface area (Å²) in [4.78, 5) is 21.3. The molecule has 0 aromatic carbocycles. The van der Waals surface area contributed by atoms with Crippen LogP contribution in [0.25, 0.3) is 11.5 Å². The lowest BCUT2D eigenvalue weighted by Gasteiger charge is -2.34. The quantitative estimate of drug-likeness (QED) is 0.885. The summed E-state index contributed by atoms with van der Waals surface area (Å²) in [5, 5.41) is 6.17. The minimum Gasteiger partial charge on any atom is -0.463 e. The lowest BCUT2D eigenvalue weighted by Crippen LogP contribution is -2.51. The Balaban J connectivity index is 1.44. The van der Waals surface area contributed by atoms with Crippen molar-refractivity contribution < 1.29 is 9.21 Å². The van der Waals surface area contributed by atoms with Gasteiger partial charge in [0.1, 0.15) is 10.7 Å². The molecule has 7 heteroatoms. The average molecular weight is 362 g/mol. The number of rotatable bonds is 5. The number of piperazine rings is 1. The summed E-state index contributed by atoms with van der Waals surface area (Å²) in [6, 6.07) is 3.81. The zero-order valence-electron chi connectivity index (χ0n) is 15.1. The first kappa shape index (κ1) is 18.1. The number of hydrogen-bond acceptors (Lipinski definition) is 6. The second-order valence-corrected chi connectivity index (χ2v) is 8.40. The molecule has 1 N–H and O–H groups in total. The van der Waals surface area contributed by atoms with Crippen LogP contribution in [0.15, 0.2) is 28.2 Å². The van der Waals surface area contributed by atoms with Crippen LogP contribution in [-0.2, 0) is 11.3 Å². The number of nitrogens with zero attached hydrogens (tertiary/aromatic N) is 3. The van der Waals surface area contributed by atoms with Crippen molar-refractivity contribution in [2.75, 3.05) is 32.7 Å². The Kier molecular flexibility index (Phi) is 5.56. The van der Waals surface area contributed by atoms with Gasteiger partial charge in [0.15, 0.2) is 5.76 Å². The summed E-state index contributed by atoms with van der Waals surface area (Å²) in [5.74, 6) is 0.918. The predicted octanol–water partition coefficient (Wildman–Crippen LogP) is 2.44. The van der Waals surface area contributed by atoms with E-state index in [2.05, 4.69) is 20.1 Å². The van der Waals surface area contributed by atoms with E-state index in [1.807, 2.05) is 38.3 Å². The predicted molar refractivity (Wildman–Crippen MR) is 99.4 cm³/mol. The number of thiazole rings is 1. The zero-order valence-corrected chi connectivity index (χ0v) is 15.9. The molecule has 2 aromatic rings. The average Bonchev–Trinajstić information content (AvgIpc) is 3.18. The third kappa shape index (κ3) is 5.39. The maximum Gasteiger partial charge on any atom is 0.234 e. The van der Waals surface area contributed by atoms with Crippen LogP contribution >= 0.6 is 11.3 Å². The van der Waals surface area contributed by atoms with E-state index in [0.29, 0.717) is 6.54 Å². The van der Waals surface area contributed by atoms with Gasteiger partial charge in [-0.25, -0.2) is 4.98 Å². The third-order valence-corrected chi connectivity index (χ3v) is 4.86. The van der Waals surface area contributed by atoms with E-state index in [1.54, 1.807) is 17.6 Å². The Labute approximate surface area is 152 Å². The monoisotopic (exact) mass is 362 g/mol. The zero-order chi connectivity index (χ0) is 17.9. The topological polar surface area (TPSA) is 61.6 Å². The molecule has 2 aromatic heterocycles. The minimum atomic E-state index is -0.171. The number of amides is 1. The molecular weight excluding hydrogens is 336 g/mol. The van der Waals surface area contributed by atoms with Gasteiger partial charge in [0, 0.05) is 37.1 Å². The molecule has 1 saturated heterocycles. The molecule has 3 heterocycles. The van der Waals surface area contributed by atoms with Crippen molar-refractivity contribution in [3.63, 3.8) is 0 Å². The summed E-state index contributed by atoms with van der Waals surface area (Å²) < 4.78 is 5.39. The molecule has 0 aliphatic carbocycles. The summed E-state index contributed by atoms with van der Waals surface area (Å²) in [7, 11) is 0. The van der Waals surface area contributed by atoms with Crippen molar-refractivity contribution in [1.82, 2.24) is 20.1 Å². The van der Waals surface area contributed by atoms with E-state index in [4.69, 9.17) is 4.42 Å². The maximum atomic E-state index is 12.0. The fourth-order valence-electron chi connectivity index (χ4n) is 2.88. The van der Waals surface area contributed by atoms with Gasteiger partial charge in [-0.1, -0.05) is 0 Å². The van der Waals surface area contributed by atoms with Crippen molar-refractivity contribution in [2.24, 2.45) is 0 Å². The molecule has 0 atom stereocenters. The Morgan fingerprint density at radius 3 is 2.64 bits per heavy atom.